The molecule has 2 aliphatic heterocycles. The van der Waals surface area contributed by atoms with Gasteiger partial charge in [-0.25, -0.2) is 4.98 Å². The zero-order valence-electron chi connectivity index (χ0n) is 63.2. The van der Waals surface area contributed by atoms with E-state index in [1.807, 2.05) is 137 Å². The number of aromatic amines is 1. The Hall–Kier alpha value is -7.16. The van der Waals surface area contributed by atoms with E-state index in [1.54, 1.807) is 20.2 Å². The van der Waals surface area contributed by atoms with E-state index in [0.717, 1.165) is 119 Å². The molecule has 1 aromatic carbocycles. The van der Waals surface area contributed by atoms with Crippen LogP contribution in [-0.4, -0.2) is 114 Å². The predicted octanol–water partition coefficient (Wildman–Crippen LogP) is 15.0. The number of H-pyrrole nitrogens is 1. The first-order valence-corrected chi connectivity index (χ1v) is 33.8. The number of nitrogens with zero attached hydrogens (tertiary/aromatic N) is 13. The highest BCUT2D eigenvalue weighted by atomic mass is 16.7. The summed E-state index contributed by atoms with van der Waals surface area (Å²) in [6.45, 7) is 67.6. The molecular weight excluding hydrogens is 1150 g/mol. The van der Waals surface area contributed by atoms with Crippen LogP contribution in [0, 0.1) is 83.1 Å². The lowest BCUT2D eigenvalue weighted by Gasteiger charge is -2.32. The van der Waals surface area contributed by atoms with Crippen molar-refractivity contribution in [3.63, 3.8) is 0 Å². The number of carbonyl (C=O) groups is 1. The summed E-state index contributed by atoms with van der Waals surface area (Å²) in [6.07, 6.45) is 4.62. The van der Waals surface area contributed by atoms with Crippen molar-refractivity contribution in [2.24, 2.45) is 0 Å². The molecule has 514 valence electrons. The molecule has 0 spiro atoms. The molecule has 10 rings (SSSR count). The fourth-order valence-electron chi connectivity index (χ4n) is 9.88. The van der Waals surface area contributed by atoms with E-state index in [4.69, 9.17) is 19.4 Å². The molecule has 20 heteroatoms. The number of aromatic nitrogens is 13. The lowest BCUT2D eigenvalue weighted by atomic mass is 9.77. The van der Waals surface area contributed by atoms with Crippen LogP contribution in [0.25, 0.3) is 11.1 Å². The van der Waals surface area contributed by atoms with Gasteiger partial charge in [-0.05, 0) is 212 Å². The van der Waals surface area contributed by atoms with Crippen LogP contribution in [0.2, 0.25) is 0 Å². The Morgan fingerprint density at radius 1 is 0.620 bits per heavy atom. The van der Waals surface area contributed by atoms with Crippen molar-refractivity contribution in [3.8, 4) is 11.1 Å². The highest BCUT2D eigenvalue weighted by molar-refractivity contribution is 6.63. The third kappa shape index (κ3) is 24.1. The van der Waals surface area contributed by atoms with Crippen LogP contribution >= 0.6 is 0 Å². The van der Waals surface area contributed by atoms with Crippen LogP contribution in [0.15, 0.2) is 60.9 Å². The van der Waals surface area contributed by atoms with Gasteiger partial charge in [-0.1, -0.05) is 67.5 Å². The molecule has 7 aromatic heterocycles. The SMILES string of the molecule is CC.CC.CC.CC.CCO.CCn1ccc(C)n1.CCn1nc(C)c(-c2ccc(N3CCc4cccc(C(=O)NC)c4C3)nc2C)c1C.CCn1nc(C)c(B2OC(C)(C)C(C)(C)O2)c1C.CCn1nc(C)c(C)c1C.CCn1nc(C)cc1C.Cc1ccn[nH]1. The van der Waals surface area contributed by atoms with Gasteiger partial charge in [-0.15, -0.1) is 0 Å². The van der Waals surface area contributed by atoms with Gasteiger partial charge in [-0.2, -0.15) is 30.6 Å². The number of fused-ring (bicyclic) bond motifs is 1. The Balaban J connectivity index is 0.00000114. The van der Waals surface area contributed by atoms with Crippen LogP contribution in [-0.2, 0) is 55.0 Å². The topological polar surface area (TPSA) is 202 Å². The molecule has 0 aliphatic carbocycles. The van der Waals surface area contributed by atoms with E-state index in [0.29, 0.717) is 6.54 Å². The maximum atomic E-state index is 12.3. The number of pyridine rings is 1. The monoisotopic (exact) mass is 1270 g/mol. The summed E-state index contributed by atoms with van der Waals surface area (Å²) in [5.41, 5.74) is 19.5. The number of hydrogen-bond acceptors (Lipinski definition) is 12. The maximum absolute atomic E-state index is 12.3. The van der Waals surface area contributed by atoms with E-state index >= 15 is 0 Å². The molecule has 92 heavy (non-hydrogen) atoms. The molecule has 0 unspecified atom stereocenters. The minimum atomic E-state index is -0.310. The van der Waals surface area contributed by atoms with Crippen molar-refractivity contribution in [2.75, 3.05) is 25.1 Å². The van der Waals surface area contributed by atoms with Crippen molar-refractivity contribution >= 4 is 24.3 Å². The molecular formula is C72H124BN15O4. The number of hydrogen-bond donors (Lipinski definition) is 3. The van der Waals surface area contributed by atoms with Gasteiger partial charge in [0.05, 0.1) is 39.7 Å². The molecule has 0 atom stereocenters. The van der Waals surface area contributed by atoms with Crippen molar-refractivity contribution in [2.45, 2.75) is 265 Å². The van der Waals surface area contributed by atoms with E-state index < -0.39 is 0 Å². The summed E-state index contributed by atoms with van der Waals surface area (Å²) >= 11 is 0. The number of aliphatic hydroxyl groups is 1. The first kappa shape index (κ1) is 84.8. The van der Waals surface area contributed by atoms with Crippen LogP contribution < -0.4 is 15.7 Å². The summed E-state index contributed by atoms with van der Waals surface area (Å²) in [7, 11) is 1.37. The highest BCUT2D eigenvalue weighted by Gasteiger charge is 2.53. The molecule has 3 N–H and O–H groups in total. The first-order valence-electron chi connectivity index (χ1n) is 33.8. The van der Waals surface area contributed by atoms with Gasteiger partial charge in [0.1, 0.15) is 5.82 Å². The molecule has 1 amide bonds. The fraction of sp³-hybridized carbons (Fsp3) is 0.583. The summed E-state index contributed by atoms with van der Waals surface area (Å²) in [5.74, 6) is 0.916. The van der Waals surface area contributed by atoms with Crippen molar-refractivity contribution in [3.05, 3.63) is 146 Å². The molecule has 19 nitrogen and oxygen atoms in total. The first-order chi connectivity index (χ1) is 43.7. The Morgan fingerprint density at radius 2 is 1.15 bits per heavy atom. The van der Waals surface area contributed by atoms with Crippen LogP contribution in [0.5, 0.6) is 0 Å². The van der Waals surface area contributed by atoms with Gasteiger partial charge >= 0.3 is 7.12 Å². The lowest BCUT2D eigenvalue weighted by molar-refractivity contribution is 0.00578. The number of rotatable bonds is 9. The average Bonchev–Trinajstić information content (AvgIpc) is 1.56. The quantitative estimate of drug-likeness (QED) is 0.116. The smallest absolute Gasteiger partial charge is 0.399 e. The number of nitrogens with one attached hydrogen (secondary N) is 2. The third-order valence-corrected chi connectivity index (χ3v) is 15.5. The number of aliphatic hydroxyl groups excluding tert-OH is 1. The Kier molecular flexibility index (Phi) is 39.5. The predicted molar refractivity (Wildman–Crippen MR) is 387 cm³/mol. The minimum Gasteiger partial charge on any atom is -0.399 e. The second kappa shape index (κ2) is 42.9. The average molecular weight is 1270 g/mol. The molecule has 9 heterocycles. The van der Waals surface area contributed by atoms with Crippen LogP contribution in [0.3, 0.4) is 0 Å². The summed E-state index contributed by atoms with van der Waals surface area (Å²) in [6, 6.07) is 16.3. The summed E-state index contributed by atoms with van der Waals surface area (Å²) in [5, 5.41) is 38.7. The van der Waals surface area contributed by atoms with Gasteiger partial charge in [-0.3, -0.25) is 33.3 Å². The number of amides is 1. The van der Waals surface area contributed by atoms with Crippen molar-refractivity contribution in [1.82, 2.24) is 69.4 Å². The number of anilines is 1. The van der Waals surface area contributed by atoms with E-state index in [9.17, 15) is 4.79 Å². The maximum Gasteiger partial charge on any atom is 0.498 e. The van der Waals surface area contributed by atoms with Gasteiger partial charge in [0.15, 0.2) is 0 Å². The van der Waals surface area contributed by atoms with Gasteiger partial charge in [0.25, 0.3) is 5.91 Å². The molecule has 8 aromatic rings. The van der Waals surface area contributed by atoms with Crippen LogP contribution in [0.1, 0.15) is 214 Å². The van der Waals surface area contributed by atoms with Crippen molar-refractivity contribution in [1.29, 1.82) is 0 Å². The lowest BCUT2D eigenvalue weighted by Crippen LogP contribution is -2.41. The largest absolute Gasteiger partial charge is 0.498 e. The second-order valence-corrected chi connectivity index (χ2v) is 22.1. The molecule has 1 saturated heterocycles. The Bertz CT molecular complexity index is 3310. The number of carbonyl (C=O) groups excluding carboxylic acids is 1. The third-order valence-electron chi connectivity index (χ3n) is 15.5. The zero-order chi connectivity index (χ0) is 70.8. The summed E-state index contributed by atoms with van der Waals surface area (Å²) < 4.78 is 22.2. The van der Waals surface area contributed by atoms with E-state index in [2.05, 4.69) is 188 Å². The van der Waals surface area contributed by atoms with Crippen molar-refractivity contribution < 1.29 is 19.2 Å². The standard InChI is InChI=1S/C24H29N5O.C13H23BN2O2.C8H14N2.C7H12N2.C6H10N2.C4H6N2.C2H6O.4C2H6/c1-6-29-17(4)23(16(3)27-29)19-10-11-22(26-15(19)2)28-13-12-18-8-7-9-20(21(18)14-28)24(30)25-5;1-8-16-10(3)11(9(2)15-16)14-17-12(4,5)13(6,7)18-14;1-5-10-8(4)6(2)7(3)9-10;1-4-9-7(3)5-6(2)8-9;1-3-8-5-4-6(2)7-8;1-4-2-3-5-6-4;1-2-3;4*1-2/h7-11H,6,12-14H2,1-5H3,(H,25,30);8H2,1-7H3;5H2,1-4H3;5H,4H2,1-3H3;4-5H,3H2,1-2H3;2-3H,1H3,(H,5,6);3H,2H2,1H3;4*1-2H3. The molecule has 0 saturated carbocycles. The second-order valence-electron chi connectivity index (χ2n) is 22.1. The molecule has 0 bridgehead atoms. The van der Waals surface area contributed by atoms with Gasteiger partial charge in [0.2, 0.25) is 0 Å². The van der Waals surface area contributed by atoms with Crippen LogP contribution in [0.4, 0.5) is 5.82 Å². The zero-order valence-corrected chi connectivity index (χ0v) is 63.2. The fourth-order valence-corrected chi connectivity index (χ4v) is 9.88. The summed E-state index contributed by atoms with van der Waals surface area (Å²) in [4.78, 5) is 19.5. The number of benzene rings is 1. The Morgan fingerprint density at radius 3 is 1.52 bits per heavy atom. The molecule has 0 radical (unpaired) electrons. The minimum absolute atomic E-state index is 0.0351. The van der Waals surface area contributed by atoms with Gasteiger partial charge < -0.3 is 24.6 Å². The molecule has 2 aliphatic rings. The molecule has 1 fully saturated rings. The van der Waals surface area contributed by atoms with E-state index in [-0.39, 0.29) is 30.8 Å². The normalized spacial score (nSPS) is 12.6. The van der Waals surface area contributed by atoms with Gasteiger partial charge in [0, 0.05) is 128 Å². The Labute approximate surface area is 557 Å². The number of aryl methyl sites for hydroxylation is 13. The van der Waals surface area contributed by atoms with E-state index in [1.165, 1.54) is 33.8 Å². The highest BCUT2D eigenvalue weighted by Crippen LogP contribution is 2.37.